The fourth-order valence-electron chi connectivity index (χ4n) is 3.32. The van der Waals surface area contributed by atoms with Crippen LogP contribution in [0.4, 0.5) is 5.69 Å². The highest BCUT2D eigenvalue weighted by Crippen LogP contribution is 2.41. The van der Waals surface area contributed by atoms with Gasteiger partial charge in [-0.3, -0.25) is 4.79 Å². The second-order valence-electron chi connectivity index (χ2n) is 5.64. The van der Waals surface area contributed by atoms with Gasteiger partial charge in [-0.25, -0.2) is 0 Å². The molecule has 2 N–H and O–H groups in total. The Kier molecular flexibility index (Phi) is 3.29. The Hall–Kier alpha value is -2.09. The zero-order valence-corrected chi connectivity index (χ0v) is 14.5. The summed E-state index contributed by atoms with van der Waals surface area (Å²) in [4.78, 5) is 14.5. The Morgan fingerprint density at radius 2 is 2.17 bits per heavy atom. The average Bonchev–Trinajstić information content (AvgIpc) is 3.04. The first kappa shape index (κ1) is 14.5. The molecule has 1 aliphatic carbocycles. The molecular weight excluding hydrogens is 405 g/mol. The average molecular weight is 419 g/mol. The molecule has 0 radical (unpaired) electrons. The van der Waals surface area contributed by atoms with Crippen LogP contribution in [0.2, 0.25) is 0 Å². The predicted molar refractivity (Wildman–Crippen MR) is 96.8 cm³/mol. The van der Waals surface area contributed by atoms with E-state index in [2.05, 4.69) is 39.1 Å². The minimum absolute atomic E-state index is 0.0697. The molecule has 1 aromatic rings. The van der Waals surface area contributed by atoms with Gasteiger partial charge >= 0.3 is 0 Å². The van der Waals surface area contributed by atoms with Gasteiger partial charge in [-0.2, -0.15) is 0 Å². The van der Waals surface area contributed by atoms with Crippen LogP contribution in [0, 0.1) is 0 Å². The van der Waals surface area contributed by atoms with Crippen molar-refractivity contribution in [1.82, 2.24) is 4.90 Å². The number of nitrogens with zero attached hydrogens (tertiary/aromatic N) is 2. The smallest absolute Gasteiger partial charge is 0.260 e. The minimum Gasteiger partial charge on any atom is -0.410 e. The van der Waals surface area contributed by atoms with Crippen molar-refractivity contribution in [2.75, 3.05) is 12.4 Å². The van der Waals surface area contributed by atoms with Crippen LogP contribution in [0.1, 0.15) is 12.0 Å². The summed E-state index contributed by atoms with van der Waals surface area (Å²) in [6.07, 6.45) is 4.99. The summed E-state index contributed by atoms with van der Waals surface area (Å²) in [5, 5.41) is 16.2. The number of carbonyl (C=O) groups excluding carboxylic acids is 1. The summed E-state index contributed by atoms with van der Waals surface area (Å²) < 4.78 is 0.262. The van der Waals surface area contributed by atoms with Gasteiger partial charge in [0.05, 0.1) is 15.2 Å². The number of halogens is 1. The van der Waals surface area contributed by atoms with Crippen molar-refractivity contribution in [3.05, 3.63) is 64.5 Å². The Labute approximate surface area is 147 Å². The molecule has 2 heterocycles. The van der Waals surface area contributed by atoms with Crippen LogP contribution in [0.25, 0.3) is 0 Å². The predicted octanol–water partition coefficient (Wildman–Crippen LogP) is 3.03. The molecule has 1 amide bonds. The number of amides is 1. The lowest BCUT2D eigenvalue weighted by atomic mass is 9.97. The van der Waals surface area contributed by atoms with E-state index < -0.39 is 0 Å². The third-order valence-electron chi connectivity index (χ3n) is 4.38. The number of anilines is 1. The number of nitrogens with one attached hydrogen (secondary N) is 1. The van der Waals surface area contributed by atoms with Gasteiger partial charge in [-0.1, -0.05) is 58.1 Å². The highest BCUT2D eigenvalue weighted by molar-refractivity contribution is 14.1. The second kappa shape index (κ2) is 5.23. The van der Waals surface area contributed by atoms with E-state index in [-0.39, 0.29) is 9.83 Å². The number of benzene rings is 1. The van der Waals surface area contributed by atoms with Crippen LogP contribution in [0.5, 0.6) is 0 Å². The number of oxime groups is 1. The molecule has 0 bridgehead atoms. The van der Waals surface area contributed by atoms with E-state index in [1.807, 2.05) is 30.3 Å². The molecule has 23 heavy (non-hydrogen) atoms. The quantitative estimate of drug-likeness (QED) is 0.224. The largest absolute Gasteiger partial charge is 0.410 e. The molecule has 2 aliphatic heterocycles. The first-order valence-electron chi connectivity index (χ1n) is 7.29. The van der Waals surface area contributed by atoms with Gasteiger partial charge in [-0.15, -0.1) is 0 Å². The lowest BCUT2D eigenvalue weighted by Crippen LogP contribution is -2.26. The molecule has 116 valence electrons. The van der Waals surface area contributed by atoms with Crippen molar-refractivity contribution < 1.29 is 10.0 Å². The number of para-hydroxylation sites is 1. The number of rotatable bonds is 0. The van der Waals surface area contributed by atoms with E-state index in [9.17, 15) is 10.0 Å². The number of hydrogen-bond donors (Lipinski definition) is 2. The molecule has 1 aromatic carbocycles. The van der Waals surface area contributed by atoms with Crippen LogP contribution in [0.3, 0.4) is 0 Å². The van der Waals surface area contributed by atoms with Crippen LogP contribution in [-0.2, 0) is 4.79 Å². The van der Waals surface area contributed by atoms with Crippen LogP contribution in [0.15, 0.2) is 64.1 Å². The first-order valence-corrected chi connectivity index (χ1v) is 8.54. The Bertz CT molecular complexity index is 851. The molecule has 0 saturated carbocycles. The SMILES string of the molecule is CN1C(=O)/C(=C2\Nc3ccccc3\C2=N\O)C2=C1C(I)CC=C2. The lowest BCUT2D eigenvalue weighted by molar-refractivity contribution is -0.123. The van der Waals surface area contributed by atoms with Gasteiger partial charge in [0.25, 0.3) is 5.91 Å². The number of fused-ring (bicyclic) bond motifs is 1. The molecular formula is C17H14IN3O2. The van der Waals surface area contributed by atoms with Gasteiger partial charge < -0.3 is 15.4 Å². The van der Waals surface area contributed by atoms with E-state index in [1.54, 1.807) is 11.9 Å². The van der Waals surface area contributed by atoms with Gasteiger partial charge in [0.1, 0.15) is 5.71 Å². The number of alkyl halides is 1. The third kappa shape index (κ3) is 1.97. The molecule has 1 atom stereocenters. The zero-order chi connectivity index (χ0) is 16.1. The molecule has 3 aliphatic rings. The van der Waals surface area contributed by atoms with Gasteiger partial charge in [-0.05, 0) is 12.5 Å². The molecule has 6 heteroatoms. The summed E-state index contributed by atoms with van der Waals surface area (Å²) in [6.45, 7) is 0. The van der Waals surface area contributed by atoms with Crippen molar-refractivity contribution in [1.29, 1.82) is 0 Å². The van der Waals surface area contributed by atoms with Crippen molar-refractivity contribution in [2.24, 2.45) is 5.16 Å². The molecule has 0 saturated heterocycles. The molecule has 5 nitrogen and oxygen atoms in total. The van der Waals surface area contributed by atoms with Crippen molar-refractivity contribution in [3.63, 3.8) is 0 Å². The van der Waals surface area contributed by atoms with Gasteiger partial charge in [0.2, 0.25) is 0 Å². The van der Waals surface area contributed by atoms with E-state index >= 15 is 0 Å². The third-order valence-corrected chi connectivity index (χ3v) is 5.48. The Balaban J connectivity index is 1.95. The number of hydrogen-bond acceptors (Lipinski definition) is 4. The Morgan fingerprint density at radius 1 is 1.39 bits per heavy atom. The summed E-state index contributed by atoms with van der Waals surface area (Å²) in [5.41, 5.74) is 5.14. The van der Waals surface area contributed by atoms with Crippen LogP contribution < -0.4 is 5.32 Å². The molecule has 1 unspecified atom stereocenters. The van der Waals surface area contributed by atoms with Gasteiger partial charge in [0, 0.05) is 29.6 Å². The second-order valence-corrected chi connectivity index (χ2v) is 7.14. The van der Waals surface area contributed by atoms with Crippen molar-refractivity contribution in [2.45, 2.75) is 10.3 Å². The van der Waals surface area contributed by atoms with E-state index in [4.69, 9.17) is 0 Å². The van der Waals surface area contributed by atoms with E-state index in [0.29, 0.717) is 17.0 Å². The summed E-state index contributed by atoms with van der Waals surface area (Å²) >= 11 is 2.36. The van der Waals surface area contributed by atoms with Crippen LogP contribution >= 0.6 is 22.6 Å². The van der Waals surface area contributed by atoms with Crippen LogP contribution in [-0.4, -0.2) is 32.7 Å². The topological polar surface area (TPSA) is 64.9 Å². The first-order chi connectivity index (χ1) is 11.1. The van der Waals surface area contributed by atoms with Crippen molar-refractivity contribution in [3.8, 4) is 0 Å². The maximum atomic E-state index is 12.8. The minimum atomic E-state index is -0.0697. The number of likely N-dealkylation sites (N-methyl/N-ethyl adjacent to an activating group) is 1. The van der Waals surface area contributed by atoms with E-state index in [0.717, 1.165) is 28.9 Å². The molecule has 0 fully saturated rings. The van der Waals surface area contributed by atoms with Gasteiger partial charge in [0.15, 0.2) is 0 Å². The highest BCUT2D eigenvalue weighted by atomic mass is 127. The summed E-state index contributed by atoms with van der Waals surface area (Å²) in [6, 6.07) is 7.57. The normalized spacial score (nSPS) is 27.6. The summed E-state index contributed by atoms with van der Waals surface area (Å²) in [7, 11) is 1.80. The number of allylic oxidation sites excluding steroid dienone is 4. The Morgan fingerprint density at radius 3 is 2.96 bits per heavy atom. The monoisotopic (exact) mass is 419 g/mol. The highest BCUT2D eigenvalue weighted by Gasteiger charge is 2.40. The summed E-state index contributed by atoms with van der Waals surface area (Å²) in [5.74, 6) is -0.0697. The molecule has 0 spiro atoms. The fourth-order valence-corrected chi connectivity index (χ4v) is 4.37. The number of carbonyl (C=O) groups is 1. The van der Waals surface area contributed by atoms with E-state index in [1.165, 1.54) is 0 Å². The molecule has 0 aromatic heterocycles. The maximum Gasteiger partial charge on any atom is 0.260 e. The van der Waals surface area contributed by atoms with Crippen molar-refractivity contribution >= 4 is 39.9 Å². The zero-order valence-electron chi connectivity index (χ0n) is 12.4. The standard InChI is InChI=1S/C17H14IN3O2/c1-21-16-10(6-4-7-11(16)18)13(17(21)22)15-14(20-23)9-5-2-3-8-12(9)19-15/h2-6,8,11,19,23H,7H2,1H3/b15-13-,20-14-. The maximum absolute atomic E-state index is 12.8. The fraction of sp³-hybridized carbons (Fsp3) is 0.176. The lowest BCUT2D eigenvalue weighted by Gasteiger charge is -2.20. The molecule has 4 rings (SSSR count).